The Labute approximate surface area is 235 Å². The molecule has 2 aromatic carbocycles. The van der Waals surface area contributed by atoms with E-state index in [0.29, 0.717) is 33.2 Å². The molecule has 10 nitrogen and oxygen atoms in total. The summed E-state index contributed by atoms with van der Waals surface area (Å²) in [5.41, 5.74) is 4.35. The molecule has 0 radical (unpaired) electrons. The first-order chi connectivity index (χ1) is 19.4. The molecular formula is C29H29N3O7S. The quantitative estimate of drug-likeness (QED) is 0.103. The van der Waals surface area contributed by atoms with Crippen molar-refractivity contribution >= 4 is 46.3 Å². The van der Waals surface area contributed by atoms with Gasteiger partial charge in [0.25, 0.3) is 0 Å². The SMILES string of the molecule is CCOC(=O)c1c(NC(=O)C(=O)N/N=C/c2ccc(OC(=O)c3cccc(OC)c3)cc2)sc2c1CCCCC2. The molecular weight excluding hydrogens is 534 g/mol. The fourth-order valence-electron chi connectivity index (χ4n) is 4.16. The number of ether oxygens (including phenoxy) is 3. The topological polar surface area (TPSA) is 132 Å². The van der Waals surface area contributed by atoms with Gasteiger partial charge in [-0.05, 0) is 86.2 Å². The van der Waals surface area contributed by atoms with E-state index in [0.717, 1.165) is 42.5 Å². The highest BCUT2D eigenvalue weighted by Crippen LogP contribution is 2.38. The Kier molecular flexibility index (Phi) is 9.63. The average molecular weight is 564 g/mol. The third kappa shape index (κ3) is 7.11. The fraction of sp³-hybridized carbons (Fsp3) is 0.276. The standard InChI is InChI=1S/C29H29N3O7S/c1-3-38-29(36)24-22-10-5-4-6-11-23(22)40-27(24)31-25(33)26(34)32-30-17-18-12-14-20(15-13-18)39-28(35)19-8-7-9-21(16-19)37-2/h7-9,12-17H,3-6,10-11H2,1-2H3,(H,31,33)(H,32,34)/b30-17+. The van der Waals surface area contributed by atoms with E-state index in [4.69, 9.17) is 14.2 Å². The second kappa shape index (κ2) is 13.5. The number of nitrogens with zero attached hydrogens (tertiary/aromatic N) is 1. The molecule has 0 bridgehead atoms. The number of rotatable bonds is 8. The predicted octanol–water partition coefficient (Wildman–Crippen LogP) is 4.51. The number of esters is 2. The van der Waals surface area contributed by atoms with Gasteiger partial charge in [0, 0.05) is 4.88 Å². The number of amides is 2. The number of carbonyl (C=O) groups excluding carboxylic acids is 4. The summed E-state index contributed by atoms with van der Waals surface area (Å²) in [6.07, 6.45) is 5.91. The maximum Gasteiger partial charge on any atom is 0.343 e. The second-order valence-corrected chi connectivity index (χ2v) is 9.94. The number of benzene rings is 2. The lowest BCUT2D eigenvalue weighted by atomic mass is 10.1. The number of hydrogen-bond acceptors (Lipinski definition) is 9. The molecule has 4 rings (SSSR count). The number of fused-ring (bicyclic) bond motifs is 1. The van der Waals surface area contributed by atoms with Gasteiger partial charge in [-0.15, -0.1) is 11.3 Å². The van der Waals surface area contributed by atoms with E-state index in [-0.39, 0.29) is 6.61 Å². The van der Waals surface area contributed by atoms with Crippen molar-refractivity contribution in [2.75, 3.05) is 19.0 Å². The summed E-state index contributed by atoms with van der Waals surface area (Å²) >= 11 is 1.31. The lowest BCUT2D eigenvalue weighted by Crippen LogP contribution is -2.32. The molecule has 2 amide bonds. The zero-order valence-electron chi connectivity index (χ0n) is 22.2. The van der Waals surface area contributed by atoms with Crippen molar-refractivity contribution in [3.8, 4) is 11.5 Å². The summed E-state index contributed by atoms with van der Waals surface area (Å²) in [6.45, 7) is 1.92. The van der Waals surface area contributed by atoms with Crippen molar-refractivity contribution in [3.05, 3.63) is 75.7 Å². The van der Waals surface area contributed by atoms with Gasteiger partial charge in [-0.2, -0.15) is 5.10 Å². The lowest BCUT2D eigenvalue weighted by Gasteiger charge is -2.08. The molecule has 1 aromatic heterocycles. The third-order valence-electron chi connectivity index (χ3n) is 6.11. The third-order valence-corrected chi connectivity index (χ3v) is 7.32. The summed E-state index contributed by atoms with van der Waals surface area (Å²) in [5.74, 6) is -2.11. The predicted molar refractivity (Wildman–Crippen MR) is 150 cm³/mol. The van der Waals surface area contributed by atoms with Crippen LogP contribution in [0.25, 0.3) is 0 Å². The molecule has 0 aliphatic heterocycles. The first-order valence-electron chi connectivity index (χ1n) is 12.8. The van der Waals surface area contributed by atoms with Gasteiger partial charge >= 0.3 is 23.8 Å². The van der Waals surface area contributed by atoms with Gasteiger partial charge in [0.05, 0.1) is 31.1 Å². The normalized spacial score (nSPS) is 12.7. The van der Waals surface area contributed by atoms with E-state index in [1.54, 1.807) is 55.5 Å². The molecule has 0 unspecified atom stereocenters. The zero-order chi connectivity index (χ0) is 28.5. The molecule has 3 aromatic rings. The first-order valence-corrected chi connectivity index (χ1v) is 13.6. The average Bonchev–Trinajstić information content (AvgIpc) is 3.13. The van der Waals surface area contributed by atoms with Gasteiger partial charge in [-0.25, -0.2) is 15.0 Å². The highest BCUT2D eigenvalue weighted by molar-refractivity contribution is 7.17. The van der Waals surface area contributed by atoms with Crippen LogP contribution >= 0.6 is 11.3 Å². The van der Waals surface area contributed by atoms with Gasteiger partial charge in [0.1, 0.15) is 16.5 Å². The maximum absolute atomic E-state index is 12.6. The van der Waals surface area contributed by atoms with E-state index in [1.165, 1.54) is 24.7 Å². The van der Waals surface area contributed by atoms with E-state index in [1.807, 2.05) is 0 Å². The Hall–Kier alpha value is -4.51. The van der Waals surface area contributed by atoms with Crippen LogP contribution in [0.2, 0.25) is 0 Å². The molecule has 1 heterocycles. The smallest absolute Gasteiger partial charge is 0.343 e. The van der Waals surface area contributed by atoms with Gasteiger partial charge in [-0.3, -0.25) is 9.59 Å². The Bertz CT molecular complexity index is 1430. The number of anilines is 1. The number of hydrogen-bond donors (Lipinski definition) is 2. The van der Waals surface area contributed by atoms with Crippen molar-refractivity contribution in [2.45, 2.75) is 39.0 Å². The summed E-state index contributed by atoms with van der Waals surface area (Å²) in [4.78, 5) is 51.0. The zero-order valence-corrected chi connectivity index (χ0v) is 23.0. The molecule has 2 N–H and O–H groups in total. The van der Waals surface area contributed by atoms with Gasteiger partial charge in [0.2, 0.25) is 0 Å². The Balaban J connectivity index is 1.34. The second-order valence-electron chi connectivity index (χ2n) is 8.83. The van der Waals surface area contributed by atoms with Crippen LogP contribution in [-0.4, -0.2) is 43.7 Å². The number of carbonyl (C=O) groups is 4. The van der Waals surface area contributed by atoms with Crippen LogP contribution in [0, 0.1) is 0 Å². The minimum absolute atomic E-state index is 0.206. The minimum atomic E-state index is -0.988. The molecule has 0 atom stereocenters. The summed E-state index contributed by atoms with van der Waals surface area (Å²) < 4.78 is 15.7. The molecule has 11 heteroatoms. The lowest BCUT2D eigenvalue weighted by molar-refractivity contribution is -0.136. The molecule has 0 saturated heterocycles. The van der Waals surface area contributed by atoms with Crippen LogP contribution in [0.3, 0.4) is 0 Å². The van der Waals surface area contributed by atoms with Crippen LogP contribution in [0.5, 0.6) is 11.5 Å². The van der Waals surface area contributed by atoms with Crippen molar-refractivity contribution in [1.29, 1.82) is 0 Å². The number of aryl methyl sites for hydroxylation is 1. The van der Waals surface area contributed by atoms with E-state index in [2.05, 4.69) is 15.8 Å². The van der Waals surface area contributed by atoms with E-state index in [9.17, 15) is 19.2 Å². The van der Waals surface area contributed by atoms with Crippen molar-refractivity contribution < 1.29 is 33.4 Å². The highest BCUT2D eigenvalue weighted by atomic mass is 32.1. The number of hydrazone groups is 1. The Morgan fingerprint density at radius 1 is 0.950 bits per heavy atom. The molecule has 1 aliphatic rings. The van der Waals surface area contributed by atoms with Crippen molar-refractivity contribution in [2.24, 2.45) is 5.10 Å². The van der Waals surface area contributed by atoms with Gasteiger partial charge < -0.3 is 19.5 Å². The fourth-order valence-corrected chi connectivity index (χ4v) is 5.44. The van der Waals surface area contributed by atoms with Crippen LogP contribution in [-0.2, 0) is 27.2 Å². The summed E-state index contributed by atoms with van der Waals surface area (Å²) in [7, 11) is 1.51. The van der Waals surface area contributed by atoms with Crippen LogP contribution in [0.1, 0.15) is 62.9 Å². The Morgan fingerprint density at radius 3 is 2.48 bits per heavy atom. The molecule has 0 spiro atoms. The minimum Gasteiger partial charge on any atom is -0.497 e. The largest absolute Gasteiger partial charge is 0.497 e. The highest BCUT2D eigenvalue weighted by Gasteiger charge is 2.27. The summed E-state index contributed by atoms with van der Waals surface area (Å²) in [6, 6.07) is 13.0. The Morgan fingerprint density at radius 2 is 1.73 bits per heavy atom. The van der Waals surface area contributed by atoms with Gasteiger partial charge in [-0.1, -0.05) is 12.5 Å². The number of thiophene rings is 1. The summed E-state index contributed by atoms with van der Waals surface area (Å²) in [5, 5.41) is 6.70. The molecule has 40 heavy (non-hydrogen) atoms. The van der Waals surface area contributed by atoms with Crippen molar-refractivity contribution in [1.82, 2.24) is 5.43 Å². The molecule has 1 aliphatic carbocycles. The molecule has 0 saturated carbocycles. The number of nitrogens with one attached hydrogen (secondary N) is 2. The molecule has 0 fully saturated rings. The first kappa shape index (κ1) is 28.5. The van der Waals surface area contributed by atoms with E-state index < -0.39 is 23.8 Å². The van der Waals surface area contributed by atoms with Crippen molar-refractivity contribution in [3.63, 3.8) is 0 Å². The van der Waals surface area contributed by atoms with Gasteiger partial charge in [0.15, 0.2) is 0 Å². The number of methoxy groups -OCH3 is 1. The monoisotopic (exact) mass is 563 g/mol. The van der Waals surface area contributed by atoms with Crippen LogP contribution in [0.15, 0.2) is 53.6 Å². The van der Waals surface area contributed by atoms with E-state index >= 15 is 0 Å². The maximum atomic E-state index is 12.6. The van der Waals surface area contributed by atoms with Crippen LogP contribution in [0.4, 0.5) is 5.00 Å². The molecule has 208 valence electrons. The van der Waals surface area contributed by atoms with Crippen LogP contribution < -0.4 is 20.2 Å².